The van der Waals surface area contributed by atoms with Gasteiger partial charge in [0.25, 0.3) is 0 Å². The lowest BCUT2D eigenvalue weighted by molar-refractivity contribution is 0.500. The van der Waals surface area contributed by atoms with E-state index in [2.05, 4.69) is 41.9 Å². The van der Waals surface area contributed by atoms with Crippen LogP contribution in [-0.2, 0) is 0 Å². The summed E-state index contributed by atoms with van der Waals surface area (Å²) < 4.78 is 1.36. The number of hydrogen-bond acceptors (Lipinski definition) is 3. The molecule has 0 amide bonds. The van der Waals surface area contributed by atoms with E-state index in [0.29, 0.717) is 6.04 Å². The average Bonchev–Trinajstić information content (AvgIpc) is 2.74. The first kappa shape index (κ1) is 12.6. The zero-order chi connectivity index (χ0) is 12.3. The maximum absolute atomic E-state index is 5.84. The van der Waals surface area contributed by atoms with Crippen molar-refractivity contribution < 1.29 is 0 Å². The third-order valence-electron chi connectivity index (χ3n) is 3.15. The fraction of sp³-hybridized carbons (Fsp3) is 0.429. The first-order valence-corrected chi connectivity index (χ1v) is 6.99. The number of nitrogens with one attached hydrogen (secondary N) is 1. The van der Waals surface area contributed by atoms with Gasteiger partial charge in [-0.2, -0.15) is 0 Å². The Bertz CT molecular complexity index is 476. The maximum Gasteiger partial charge on any atom is 0.0346 e. The second kappa shape index (κ2) is 5.63. The van der Waals surface area contributed by atoms with Crippen molar-refractivity contribution in [2.45, 2.75) is 31.8 Å². The largest absolute Gasteiger partial charge is 0.328 e. The van der Waals surface area contributed by atoms with E-state index in [9.17, 15) is 0 Å². The van der Waals surface area contributed by atoms with Crippen LogP contribution in [0.3, 0.4) is 0 Å². The lowest BCUT2D eigenvalue weighted by Crippen LogP contribution is -2.21. The van der Waals surface area contributed by atoms with Gasteiger partial charge in [-0.3, -0.25) is 0 Å². The lowest BCUT2D eigenvalue weighted by atomic mass is 9.99. The first-order chi connectivity index (χ1) is 8.22. The molecule has 92 valence electrons. The number of hydrogen-bond donors (Lipinski definition) is 2. The van der Waals surface area contributed by atoms with E-state index in [1.807, 2.05) is 18.4 Å². The standard InChI is InChI=1S/C14H20N2S/c1-10(15)7-8-13(16-2)12-9-17-14-6-4-3-5-11(12)14/h3-6,9-10,13,16H,7-8,15H2,1-2H3. The van der Waals surface area contributed by atoms with Crippen molar-refractivity contribution in [3.8, 4) is 0 Å². The molecule has 0 aliphatic heterocycles. The summed E-state index contributed by atoms with van der Waals surface area (Å²) in [5, 5.41) is 7.05. The predicted octanol–water partition coefficient (Wildman–Crippen LogP) is 3.29. The van der Waals surface area contributed by atoms with Gasteiger partial charge in [0.1, 0.15) is 0 Å². The van der Waals surface area contributed by atoms with E-state index in [1.54, 1.807) is 0 Å². The Morgan fingerprint density at radius 2 is 2.06 bits per heavy atom. The summed E-state index contributed by atoms with van der Waals surface area (Å²) in [6.07, 6.45) is 2.14. The lowest BCUT2D eigenvalue weighted by Gasteiger charge is -2.17. The van der Waals surface area contributed by atoms with Crippen LogP contribution in [0.2, 0.25) is 0 Å². The van der Waals surface area contributed by atoms with Gasteiger partial charge < -0.3 is 11.1 Å². The molecule has 0 bridgehead atoms. The summed E-state index contributed by atoms with van der Waals surface area (Å²) >= 11 is 1.82. The van der Waals surface area contributed by atoms with E-state index in [0.717, 1.165) is 12.8 Å². The van der Waals surface area contributed by atoms with Crippen LogP contribution in [0.15, 0.2) is 29.6 Å². The van der Waals surface area contributed by atoms with Gasteiger partial charge in [0, 0.05) is 16.8 Å². The van der Waals surface area contributed by atoms with Crippen molar-refractivity contribution in [1.82, 2.24) is 5.32 Å². The van der Waals surface area contributed by atoms with Crippen molar-refractivity contribution in [2.75, 3.05) is 7.05 Å². The highest BCUT2D eigenvalue weighted by Gasteiger charge is 2.14. The smallest absolute Gasteiger partial charge is 0.0346 e. The number of thiophene rings is 1. The Labute approximate surface area is 107 Å². The number of rotatable bonds is 5. The Hall–Kier alpha value is -0.900. The minimum Gasteiger partial charge on any atom is -0.328 e. The van der Waals surface area contributed by atoms with E-state index in [1.165, 1.54) is 15.6 Å². The molecule has 0 aliphatic rings. The van der Waals surface area contributed by atoms with E-state index < -0.39 is 0 Å². The monoisotopic (exact) mass is 248 g/mol. The fourth-order valence-electron chi connectivity index (χ4n) is 2.15. The third-order valence-corrected chi connectivity index (χ3v) is 4.13. The van der Waals surface area contributed by atoms with Gasteiger partial charge in [0.05, 0.1) is 0 Å². The molecule has 17 heavy (non-hydrogen) atoms. The van der Waals surface area contributed by atoms with Crippen LogP contribution < -0.4 is 11.1 Å². The Morgan fingerprint density at radius 1 is 1.29 bits per heavy atom. The van der Waals surface area contributed by atoms with Gasteiger partial charge >= 0.3 is 0 Å². The molecule has 1 aromatic heterocycles. The quantitative estimate of drug-likeness (QED) is 0.852. The van der Waals surface area contributed by atoms with Gasteiger partial charge in [0.2, 0.25) is 0 Å². The zero-order valence-electron chi connectivity index (χ0n) is 10.4. The van der Waals surface area contributed by atoms with Crippen molar-refractivity contribution in [3.05, 3.63) is 35.2 Å². The average molecular weight is 248 g/mol. The van der Waals surface area contributed by atoms with Gasteiger partial charge in [0.15, 0.2) is 0 Å². The van der Waals surface area contributed by atoms with Crippen LogP contribution >= 0.6 is 11.3 Å². The third kappa shape index (κ3) is 2.86. The SMILES string of the molecule is CNC(CCC(C)N)c1csc2ccccc12. The normalized spacial score (nSPS) is 15.0. The number of fused-ring (bicyclic) bond motifs is 1. The maximum atomic E-state index is 5.84. The molecule has 1 heterocycles. The number of benzene rings is 1. The highest BCUT2D eigenvalue weighted by Crippen LogP contribution is 2.32. The van der Waals surface area contributed by atoms with Gasteiger partial charge in [-0.15, -0.1) is 11.3 Å². The summed E-state index contributed by atoms with van der Waals surface area (Å²) in [7, 11) is 2.03. The summed E-state index contributed by atoms with van der Waals surface area (Å²) in [6.45, 7) is 2.07. The van der Waals surface area contributed by atoms with Crippen LogP contribution in [0.5, 0.6) is 0 Å². The van der Waals surface area contributed by atoms with Crippen molar-refractivity contribution in [2.24, 2.45) is 5.73 Å². The molecule has 2 aromatic rings. The molecule has 1 aromatic carbocycles. The Kier molecular flexibility index (Phi) is 4.15. The topological polar surface area (TPSA) is 38.0 Å². The zero-order valence-corrected chi connectivity index (χ0v) is 11.3. The molecule has 2 nitrogen and oxygen atoms in total. The van der Waals surface area contributed by atoms with Crippen LogP contribution in [-0.4, -0.2) is 13.1 Å². The van der Waals surface area contributed by atoms with Crippen LogP contribution in [0, 0.1) is 0 Å². The molecule has 3 heteroatoms. The molecule has 3 N–H and O–H groups in total. The fourth-order valence-corrected chi connectivity index (χ4v) is 3.17. The molecule has 0 saturated heterocycles. The summed E-state index contributed by atoms with van der Waals surface area (Å²) in [5.41, 5.74) is 7.25. The molecule has 0 spiro atoms. The molecule has 2 unspecified atom stereocenters. The first-order valence-electron chi connectivity index (χ1n) is 6.11. The van der Waals surface area contributed by atoms with Crippen molar-refractivity contribution in [3.63, 3.8) is 0 Å². The Balaban J connectivity index is 2.24. The molecule has 0 fully saturated rings. The molecule has 0 aliphatic carbocycles. The van der Waals surface area contributed by atoms with Crippen LogP contribution in [0.4, 0.5) is 0 Å². The second-order valence-electron chi connectivity index (χ2n) is 4.58. The molecule has 0 saturated carbocycles. The molecule has 2 atom stereocenters. The summed E-state index contributed by atoms with van der Waals surface area (Å²) in [4.78, 5) is 0. The Morgan fingerprint density at radius 3 is 2.76 bits per heavy atom. The van der Waals surface area contributed by atoms with E-state index in [-0.39, 0.29) is 6.04 Å². The minimum absolute atomic E-state index is 0.274. The second-order valence-corrected chi connectivity index (χ2v) is 5.49. The summed E-state index contributed by atoms with van der Waals surface area (Å²) in [5.74, 6) is 0. The highest BCUT2D eigenvalue weighted by atomic mass is 32.1. The van der Waals surface area contributed by atoms with Crippen LogP contribution in [0.1, 0.15) is 31.4 Å². The summed E-state index contributed by atoms with van der Waals surface area (Å²) in [6, 6.07) is 9.28. The van der Waals surface area contributed by atoms with Crippen molar-refractivity contribution in [1.29, 1.82) is 0 Å². The predicted molar refractivity (Wildman–Crippen MR) is 76.5 cm³/mol. The molecule has 0 radical (unpaired) electrons. The van der Waals surface area contributed by atoms with Crippen LogP contribution in [0.25, 0.3) is 10.1 Å². The molecular formula is C14H20N2S. The van der Waals surface area contributed by atoms with Gasteiger partial charge in [-0.25, -0.2) is 0 Å². The minimum atomic E-state index is 0.274. The van der Waals surface area contributed by atoms with E-state index >= 15 is 0 Å². The van der Waals surface area contributed by atoms with Gasteiger partial charge in [-0.1, -0.05) is 18.2 Å². The molecular weight excluding hydrogens is 228 g/mol. The van der Waals surface area contributed by atoms with Crippen molar-refractivity contribution >= 4 is 21.4 Å². The highest BCUT2D eigenvalue weighted by molar-refractivity contribution is 7.17. The number of nitrogens with two attached hydrogens (primary N) is 1. The van der Waals surface area contributed by atoms with Gasteiger partial charge in [-0.05, 0) is 49.2 Å². The van der Waals surface area contributed by atoms with E-state index in [4.69, 9.17) is 5.73 Å². The molecule has 2 rings (SSSR count).